The maximum absolute atomic E-state index is 6.22. The molecule has 0 N–H and O–H groups in total. The second-order valence-electron chi connectivity index (χ2n) is 4.48. The van der Waals surface area contributed by atoms with E-state index in [1.165, 1.54) is 0 Å². The molecule has 2 rings (SSSR count). The van der Waals surface area contributed by atoms with Crippen LogP contribution in [0, 0.1) is 0 Å². The Morgan fingerprint density at radius 2 is 1.33 bits per heavy atom. The number of methoxy groups -OCH3 is 2. The molecule has 21 heavy (non-hydrogen) atoms. The van der Waals surface area contributed by atoms with E-state index in [4.69, 9.17) is 21.1 Å². The molecule has 0 atom stereocenters. The van der Waals surface area contributed by atoms with Crippen molar-refractivity contribution < 1.29 is 9.47 Å². The number of halogens is 3. The molecule has 0 aromatic heterocycles. The second kappa shape index (κ2) is 7.52. The van der Waals surface area contributed by atoms with Crippen molar-refractivity contribution in [2.45, 2.75) is 5.92 Å². The molecule has 0 amide bonds. The Hall–Kier alpha value is -0.710. The molecule has 0 saturated carbocycles. The molecule has 2 aromatic rings. The zero-order valence-corrected chi connectivity index (χ0v) is 15.6. The van der Waals surface area contributed by atoms with Gasteiger partial charge < -0.3 is 9.47 Å². The Morgan fingerprint density at radius 1 is 0.905 bits per heavy atom. The van der Waals surface area contributed by atoms with E-state index in [-0.39, 0.29) is 5.92 Å². The topological polar surface area (TPSA) is 18.5 Å². The lowest BCUT2D eigenvalue weighted by Gasteiger charge is -2.19. The highest BCUT2D eigenvalue weighted by molar-refractivity contribution is 9.10. The standard InChI is InChI=1S/C16H15Br2ClO2/c1-20-10-3-5-12(15(17)7-10)14(9-19)13-6-4-11(21-2)8-16(13)18/h3-8,14H,9H2,1-2H3. The van der Waals surface area contributed by atoms with Gasteiger partial charge in [-0.25, -0.2) is 0 Å². The molecule has 0 aliphatic heterocycles. The van der Waals surface area contributed by atoms with E-state index in [0.29, 0.717) is 5.88 Å². The number of benzene rings is 2. The highest BCUT2D eigenvalue weighted by atomic mass is 79.9. The molecule has 2 aromatic carbocycles. The van der Waals surface area contributed by atoms with Crippen molar-refractivity contribution in [3.05, 3.63) is 56.5 Å². The van der Waals surface area contributed by atoms with Gasteiger partial charge in [-0.05, 0) is 35.4 Å². The predicted molar refractivity (Wildman–Crippen MR) is 94.0 cm³/mol. The normalized spacial score (nSPS) is 10.8. The average molecular weight is 435 g/mol. The summed E-state index contributed by atoms with van der Waals surface area (Å²) in [6.07, 6.45) is 0. The van der Waals surface area contributed by atoms with Crippen LogP contribution in [-0.4, -0.2) is 20.1 Å². The van der Waals surface area contributed by atoms with Crippen LogP contribution in [0.4, 0.5) is 0 Å². The van der Waals surface area contributed by atoms with E-state index in [0.717, 1.165) is 31.6 Å². The summed E-state index contributed by atoms with van der Waals surface area (Å²) < 4.78 is 12.4. The van der Waals surface area contributed by atoms with Gasteiger partial charge in [-0.1, -0.05) is 44.0 Å². The molecular weight excluding hydrogens is 419 g/mol. The van der Waals surface area contributed by atoms with Crippen molar-refractivity contribution in [3.63, 3.8) is 0 Å². The van der Waals surface area contributed by atoms with Crippen molar-refractivity contribution in [1.29, 1.82) is 0 Å². The molecule has 5 heteroatoms. The fourth-order valence-electron chi connectivity index (χ4n) is 2.17. The van der Waals surface area contributed by atoms with Gasteiger partial charge in [-0.3, -0.25) is 0 Å². The fourth-order valence-corrected chi connectivity index (χ4v) is 3.77. The summed E-state index contributed by atoms with van der Waals surface area (Å²) in [5.41, 5.74) is 2.24. The molecule has 0 unspecified atom stereocenters. The highest BCUT2D eigenvalue weighted by Crippen LogP contribution is 2.38. The van der Waals surface area contributed by atoms with Crippen LogP contribution in [0.2, 0.25) is 0 Å². The Labute approximate surface area is 146 Å². The SMILES string of the molecule is COc1ccc(C(CCl)c2ccc(OC)cc2Br)c(Br)c1. The lowest BCUT2D eigenvalue weighted by atomic mass is 9.93. The van der Waals surface area contributed by atoms with E-state index >= 15 is 0 Å². The monoisotopic (exact) mass is 432 g/mol. The van der Waals surface area contributed by atoms with Crippen molar-refractivity contribution >= 4 is 43.5 Å². The van der Waals surface area contributed by atoms with Crippen LogP contribution in [0.1, 0.15) is 17.0 Å². The molecule has 0 bridgehead atoms. The second-order valence-corrected chi connectivity index (χ2v) is 6.50. The maximum Gasteiger partial charge on any atom is 0.120 e. The number of rotatable bonds is 5. The van der Waals surface area contributed by atoms with E-state index in [1.807, 2.05) is 36.4 Å². The summed E-state index contributed by atoms with van der Waals surface area (Å²) >= 11 is 13.4. The third kappa shape index (κ3) is 3.74. The number of alkyl halides is 1. The number of hydrogen-bond donors (Lipinski definition) is 0. The zero-order chi connectivity index (χ0) is 15.4. The first-order valence-electron chi connectivity index (χ1n) is 6.33. The molecule has 0 fully saturated rings. The van der Waals surface area contributed by atoms with Crippen LogP contribution in [0.5, 0.6) is 11.5 Å². The van der Waals surface area contributed by atoms with Gasteiger partial charge in [0.2, 0.25) is 0 Å². The quantitative estimate of drug-likeness (QED) is 0.571. The summed E-state index contributed by atoms with van der Waals surface area (Å²) in [6.45, 7) is 0. The highest BCUT2D eigenvalue weighted by Gasteiger charge is 2.19. The van der Waals surface area contributed by atoms with Crippen molar-refractivity contribution in [2.75, 3.05) is 20.1 Å². The molecule has 0 spiro atoms. The molecule has 0 aliphatic carbocycles. The van der Waals surface area contributed by atoms with Crippen LogP contribution < -0.4 is 9.47 Å². The molecule has 2 nitrogen and oxygen atoms in total. The lowest BCUT2D eigenvalue weighted by molar-refractivity contribution is 0.414. The largest absolute Gasteiger partial charge is 0.497 e. The maximum atomic E-state index is 6.22. The Balaban J connectivity index is 2.44. The van der Waals surface area contributed by atoms with E-state index < -0.39 is 0 Å². The van der Waals surface area contributed by atoms with Gasteiger partial charge in [-0.15, -0.1) is 11.6 Å². The van der Waals surface area contributed by atoms with E-state index in [1.54, 1.807) is 14.2 Å². The average Bonchev–Trinajstić information content (AvgIpc) is 2.50. The summed E-state index contributed by atoms with van der Waals surface area (Å²) in [6, 6.07) is 11.9. The number of ether oxygens (including phenoxy) is 2. The van der Waals surface area contributed by atoms with E-state index in [2.05, 4.69) is 31.9 Å². The molecule has 0 heterocycles. The predicted octanol–water partition coefficient (Wildman–Crippen LogP) is 5.60. The Kier molecular flexibility index (Phi) is 5.97. The molecule has 112 valence electrons. The van der Waals surface area contributed by atoms with Crippen molar-refractivity contribution in [1.82, 2.24) is 0 Å². The van der Waals surface area contributed by atoms with Gasteiger partial charge in [-0.2, -0.15) is 0 Å². The smallest absolute Gasteiger partial charge is 0.120 e. The Morgan fingerprint density at radius 3 is 1.62 bits per heavy atom. The Bertz CT molecular complexity index is 578. The molecule has 0 saturated heterocycles. The zero-order valence-electron chi connectivity index (χ0n) is 11.7. The van der Waals surface area contributed by atoms with Crippen LogP contribution in [0.15, 0.2) is 45.3 Å². The molecule has 0 radical (unpaired) electrons. The van der Waals surface area contributed by atoms with Gasteiger partial charge in [0, 0.05) is 20.7 Å². The van der Waals surface area contributed by atoms with Crippen LogP contribution >= 0.6 is 43.5 Å². The first kappa shape index (κ1) is 16.7. The van der Waals surface area contributed by atoms with Crippen LogP contribution in [0.25, 0.3) is 0 Å². The number of hydrogen-bond acceptors (Lipinski definition) is 2. The summed E-state index contributed by atoms with van der Waals surface area (Å²) in [5.74, 6) is 2.18. The van der Waals surface area contributed by atoms with Crippen molar-refractivity contribution in [3.8, 4) is 11.5 Å². The molecule has 0 aliphatic rings. The minimum Gasteiger partial charge on any atom is -0.497 e. The van der Waals surface area contributed by atoms with Gasteiger partial charge in [0.15, 0.2) is 0 Å². The van der Waals surface area contributed by atoms with Gasteiger partial charge in [0.1, 0.15) is 11.5 Å². The first-order chi connectivity index (χ1) is 10.1. The third-order valence-corrected chi connectivity index (χ3v) is 5.00. The van der Waals surface area contributed by atoms with E-state index in [9.17, 15) is 0 Å². The first-order valence-corrected chi connectivity index (χ1v) is 8.45. The summed E-state index contributed by atoms with van der Waals surface area (Å²) in [5, 5.41) is 0. The minimum absolute atomic E-state index is 0.0761. The van der Waals surface area contributed by atoms with Crippen LogP contribution in [-0.2, 0) is 0 Å². The van der Waals surface area contributed by atoms with Crippen LogP contribution in [0.3, 0.4) is 0 Å². The fraction of sp³-hybridized carbons (Fsp3) is 0.250. The van der Waals surface area contributed by atoms with Gasteiger partial charge in [0.25, 0.3) is 0 Å². The lowest BCUT2D eigenvalue weighted by Crippen LogP contribution is -2.05. The third-order valence-electron chi connectivity index (χ3n) is 3.32. The summed E-state index contributed by atoms with van der Waals surface area (Å²) in [4.78, 5) is 0. The van der Waals surface area contributed by atoms with Crippen molar-refractivity contribution in [2.24, 2.45) is 0 Å². The molecular formula is C16H15Br2ClO2. The van der Waals surface area contributed by atoms with Gasteiger partial charge >= 0.3 is 0 Å². The van der Waals surface area contributed by atoms with Gasteiger partial charge in [0.05, 0.1) is 14.2 Å². The minimum atomic E-state index is 0.0761. The summed E-state index contributed by atoms with van der Waals surface area (Å²) in [7, 11) is 3.31.